The predicted octanol–water partition coefficient (Wildman–Crippen LogP) is 1.79. The van der Waals surface area contributed by atoms with Crippen molar-refractivity contribution in [3.63, 3.8) is 0 Å². The molecule has 148 valence electrons. The first-order chi connectivity index (χ1) is 13.6. The maximum absolute atomic E-state index is 11.8. The van der Waals surface area contributed by atoms with E-state index in [2.05, 4.69) is 5.32 Å². The number of hydrogen-bond donors (Lipinski definition) is 3. The van der Waals surface area contributed by atoms with Crippen molar-refractivity contribution in [1.82, 2.24) is 10.8 Å². The number of amides is 2. The number of para-hydroxylation sites is 2. The summed E-state index contributed by atoms with van der Waals surface area (Å²) in [5, 5.41) is 11.1. The van der Waals surface area contributed by atoms with Crippen LogP contribution in [0.1, 0.15) is 5.56 Å². The van der Waals surface area contributed by atoms with Gasteiger partial charge in [0.1, 0.15) is 12.4 Å². The molecule has 0 heterocycles. The second-order valence-corrected chi connectivity index (χ2v) is 5.52. The van der Waals surface area contributed by atoms with E-state index in [-0.39, 0.29) is 12.5 Å². The fraction of sp³-hybridized carbons (Fsp3) is 0.200. The zero-order valence-electron chi connectivity index (χ0n) is 15.4. The molecule has 0 aromatic heterocycles. The van der Waals surface area contributed by atoms with Crippen LogP contribution >= 0.6 is 0 Å². The first kappa shape index (κ1) is 20.8. The van der Waals surface area contributed by atoms with Crippen LogP contribution in [0.2, 0.25) is 0 Å². The quantitative estimate of drug-likeness (QED) is 0.249. The Balaban J connectivity index is 1.68. The highest BCUT2D eigenvalue weighted by Gasteiger charge is 2.05. The molecular weight excluding hydrogens is 364 g/mol. The fourth-order valence-corrected chi connectivity index (χ4v) is 2.17. The van der Waals surface area contributed by atoms with Crippen molar-refractivity contribution in [2.75, 3.05) is 26.9 Å². The third-order valence-electron chi connectivity index (χ3n) is 3.54. The predicted molar refractivity (Wildman–Crippen MR) is 102 cm³/mol. The van der Waals surface area contributed by atoms with Gasteiger partial charge < -0.3 is 19.5 Å². The van der Waals surface area contributed by atoms with E-state index < -0.39 is 5.91 Å². The highest BCUT2D eigenvalue weighted by Crippen LogP contribution is 2.25. The van der Waals surface area contributed by atoms with E-state index in [4.69, 9.17) is 19.4 Å². The van der Waals surface area contributed by atoms with Gasteiger partial charge in [-0.2, -0.15) is 0 Å². The summed E-state index contributed by atoms with van der Waals surface area (Å²) in [7, 11) is 1.57. The Labute approximate surface area is 162 Å². The molecule has 28 heavy (non-hydrogen) atoms. The van der Waals surface area contributed by atoms with Crippen LogP contribution in [0.15, 0.2) is 54.6 Å². The topological polar surface area (TPSA) is 106 Å². The minimum atomic E-state index is -0.619. The first-order valence-electron chi connectivity index (χ1n) is 8.50. The second-order valence-electron chi connectivity index (χ2n) is 5.52. The smallest absolute Gasteiger partial charge is 0.267 e. The van der Waals surface area contributed by atoms with Crippen LogP contribution in [0.4, 0.5) is 0 Å². The van der Waals surface area contributed by atoms with Gasteiger partial charge in [0.2, 0.25) is 0 Å². The van der Waals surface area contributed by atoms with Gasteiger partial charge in [-0.25, -0.2) is 5.48 Å². The van der Waals surface area contributed by atoms with Gasteiger partial charge in [-0.1, -0.05) is 24.3 Å². The number of hydrogen-bond acceptors (Lipinski definition) is 6. The van der Waals surface area contributed by atoms with Gasteiger partial charge in [-0.15, -0.1) is 0 Å². The summed E-state index contributed by atoms with van der Waals surface area (Å²) in [6.45, 7) is 0.502. The van der Waals surface area contributed by atoms with Gasteiger partial charge in [0.15, 0.2) is 18.1 Å². The first-order valence-corrected chi connectivity index (χ1v) is 8.50. The summed E-state index contributed by atoms with van der Waals surface area (Å²) in [5.41, 5.74) is 2.25. The van der Waals surface area contributed by atoms with E-state index >= 15 is 0 Å². The van der Waals surface area contributed by atoms with Crippen molar-refractivity contribution in [2.24, 2.45) is 0 Å². The number of rotatable bonds is 10. The number of ether oxygens (including phenoxy) is 3. The molecule has 0 fully saturated rings. The Morgan fingerprint density at radius 3 is 2.43 bits per heavy atom. The fourth-order valence-electron chi connectivity index (χ4n) is 2.17. The number of benzene rings is 2. The molecule has 2 aromatic rings. The minimum absolute atomic E-state index is 0.128. The van der Waals surface area contributed by atoms with E-state index in [1.54, 1.807) is 43.5 Å². The Kier molecular flexibility index (Phi) is 8.35. The van der Waals surface area contributed by atoms with Crippen LogP contribution in [-0.4, -0.2) is 43.9 Å². The monoisotopic (exact) mass is 386 g/mol. The molecule has 0 spiro atoms. The lowest BCUT2D eigenvalue weighted by atomic mass is 10.2. The lowest BCUT2D eigenvalue weighted by molar-refractivity contribution is -0.124. The van der Waals surface area contributed by atoms with Crippen LogP contribution in [0.5, 0.6) is 17.2 Å². The molecule has 8 heteroatoms. The van der Waals surface area contributed by atoms with Crippen LogP contribution < -0.4 is 25.0 Å². The number of hydroxylamine groups is 1. The van der Waals surface area contributed by atoms with Crippen LogP contribution in [0, 0.1) is 0 Å². The average molecular weight is 386 g/mol. The number of methoxy groups -OCH3 is 1. The molecule has 0 bridgehead atoms. The second kappa shape index (κ2) is 11.2. The molecule has 2 amide bonds. The largest absolute Gasteiger partial charge is 0.493 e. The minimum Gasteiger partial charge on any atom is -0.493 e. The van der Waals surface area contributed by atoms with Gasteiger partial charge in [0.05, 0.1) is 13.7 Å². The summed E-state index contributed by atoms with van der Waals surface area (Å²) in [4.78, 5) is 22.8. The van der Waals surface area contributed by atoms with Gasteiger partial charge in [-0.3, -0.25) is 14.8 Å². The van der Waals surface area contributed by atoms with E-state index in [1.165, 1.54) is 17.6 Å². The SMILES string of the molecule is COc1ccccc1OCCNC(=O)COc1ccc(/C=C/C(=O)NO)cc1. The van der Waals surface area contributed by atoms with Crippen molar-refractivity contribution in [1.29, 1.82) is 0 Å². The summed E-state index contributed by atoms with van der Waals surface area (Å²) in [5.74, 6) is 0.872. The molecule has 0 aliphatic carbocycles. The Morgan fingerprint density at radius 2 is 1.75 bits per heavy atom. The van der Waals surface area contributed by atoms with Crippen molar-refractivity contribution < 1.29 is 29.0 Å². The number of carbonyl (C=O) groups excluding carboxylic acids is 2. The van der Waals surface area contributed by atoms with E-state index in [1.807, 2.05) is 12.1 Å². The van der Waals surface area contributed by atoms with E-state index in [0.717, 1.165) is 5.56 Å². The molecule has 0 atom stereocenters. The van der Waals surface area contributed by atoms with Gasteiger partial charge >= 0.3 is 0 Å². The maximum atomic E-state index is 11.8. The number of nitrogens with one attached hydrogen (secondary N) is 2. The summed E-state index contributed by atoms with van der Waals surface area (Å²) in [6, 6.07) is 14.1. The molecule has 0 unspecified atom stereocenters. The maximum Gasteiger partial charge on any atom is 0.267 e. The Morgan fingerprint density at radius 1 is 1.04 bits per heavy atom. The molecular formula is C20H22N2O6. The lowest BCUT2D eigenvalue weighted by Crippen LogP contribution is -2.32. The van der Waals surface area contributed by atoms with Crippen LogP contribution in [0.3, 0.4) is 0 Å². The molecule has 2 aromatic carbocycles. The molecule has 0 radical (unpaired) electrons. The molecule has 3 N–H and O–H groups in total. The molecule has 0 aliphatic heterocycles. The third-order valence-corrected chi connectivity index (χ3v) is 3.54. The van der Waals surface area contributed by atoms with Gasteiger partial charge in [0, 0.05) is 6.08 Å². The molecule has 2 rings (SSSR count). The van der Waals surface area contributed by atoms with Crippen molar-refractivity contribution >= 4 is 17.9 Å². The zero-order chi connectivity index (χ0) is 20.2. The van der Waals surface area contributed by atoms with Crippen LogP contribution in [-0.2, 0) is 9.59 Å². The summed E-state index contributed by atoms with van der Waals surface area (Å²) < 4.78 is 16.2. The normalized spacial score (nSPS) is 10.4. The highest BCUT2D eigenvalue weighted by molar-refractivity contribution is 5.90. The molecule has 8 nitrogen and oxygen atoms in total. The number of carbonyl (C=O) groups is 2. The third kappa shape index (κ3) is 7.00. The molecule has 0 saturated heterocycles. The Bertz CT molecular complexity index is 805. The van der Waals surface area contributed by atoms with Gasteiger partial charge in [-0.05, 0) is 35.9 Å². The zero-order valence-corrected chi connectivity index (χ0v) is 15.4. The van der Waals surface area contributed by atoms with Crippen molar-refractivity contribution in [2.45, 2.75) is 0 Å². The molecule has 0 aliphatic rings. The van der Waals surface area contributed by atoms with E-state index in [9.17, 15) is 9.59 Å². The average Bonchev–Trinajstić information content (AvgIpc) is 2.74. The highest BCUT2D eigenvalue weighted by atomic mass is 16.5. The summed E-state index contributed by atoms with van der Waals surface area (Å²) in [6.07, 6.45) is 2.72. The van der Waals surface area contributed by atoms with Gasteiger partial charge in [0.25, 0.3) is 11.8 Å². The van der Waals surface area contributed by atoms with Crippen LogP contribution in [0.25, 0.3) is 6.08 Å². The molecule has 0 saturated carbocycles. The standard InChI is InChI=1S/C20H22N2O6/c1-26-17-4-2-3-5-18(17)27-13-12-21-20(24)14-28-16-9-6-15(7-10-16)8-11-19(23)22-25/h2-11,25H,12-14H2,1H3,(H,21,24)(H,22,23)/b11-8+. The lowest BCUT2D eigenvalue weighted by Gasteiger charge is -2.11. The van der Waals surface area contributed by atoms with E-state index in [0.29, 0.717) is 30.4 Å². The van der Waals surface area contributed by atoms with Crippen molar-refractivity contribution in [3.8, 4) is 17.2 Å². The summed E-state index contributed by atoms with van der Waals surface area (Å²) >= 11 is 0. The Hall–Kier alpha value is -3.52. The van der Waals surface area contributed by atoms with Crippen molar-refractivity contribution in [3.05, 3.63) is 60.2 Å².